The van der Waals surface area contributed by atoms with Gasteiger partial charge in [0.05, 0.1) is 18.9 Å². The van der Waals surface area contributed by atoms with Crippen LogP contribution in [0.1, 0.15) is 29.9 Å². The third-order valence-electron chi connectivity index (χ3n) is 3.42. The Morgan fingerprint density at radius 2 is 1.92 bits per heavy atom. The molecule has 0 aliphatic carbocycles. The average molecular weight is 384 g/mol. The van der Waals surface area contributed by atoms with E-state index in [4.69, 9.17) is 20.4 Å². The lowest BCUT2D eigenvalue weighted by Crippen LogP contribution is -2.45. The van der Waals surface area contributed by atoms with Crippen LogP contribution < -0.4 is 10.5 Å². The van der Waals surface area contributed by atoms with Gasteiger partial charge in [-0.3, -0.25) is 19.7 Å². The molecule has 0 atom stereocenters. The maximum atomic E-state index is 12.5. The van der Waals surface area contributed by atoms with Crippen LogP contribution in [0.5, 0.6) is 5.75 Å². The van der Waals surface area contributed by atoms with Crippen LogP contribution in [-0.4, -0.2) is 54.1 Å². The summed E-state index contributed by atoms with van der Waals surface area (Å²) in [7, 11) is -2.08. The molecule has 0 bridgehead atoms. The Bertz CT molecular complexity index is 910. The van der Waals surface area contributed by atoms with Crippen molar-refractivity contribution in [2.45, 2.75) is 26.8 Å². The second-order valence-electron chi connectivity index (χ2n) is 5.94. The summed E-state index contributed by atoms with van der Waals surface area (Å²) in [5, 5.41) is 8.48. The number of hydrogen-bond acceptors (Lipinski definition) is 5. The van der Waals surface area contributed by atoms with Crippen LogP contribution in [0.3, 0.4) is 0 Å². The molecule has 1 heterocycles. The Morgan fingerprint density at radius 3 is 2.35 bits per heavy atom. The largest absolute Gasteiger partial charge is 0.495 e. The number of aromatic amines is 1. The summed E-state index contributed by atoms with van der Waals surface area (Å²) in [6, 6.07) is 5.38. The van der Waals surface area contributed by atoms with Gasteiger partial charge in [0.1, 0.15) is 11.4 Å². The van der Waals surface area contributed by atoms with Crippen LogP contribution in [0.4, 0.5) is 0 Å². The number of nitrogens with two attached hydrogens (primary N) is 1. The second-order valence-corrected chi connectivity index (χ2v) is 7.41. The van der Waals surface area contributed by atoms with Crippen LogP contribution in [-0.2, 0) is 10.1 Å². The fourth-order valence-electron chi connectivity index (χ4n) is 2.37. The van der Waals surface area contributed by atoms with E-state index >= 15 is 0 Å². The fourth-order valence-corrected chi connectivity index (χ4v) is 2.37. The molecule has 2 aromatic rings. The van der Waals surface area contributed by atoms with Gasteiger partial charge in [-0.1, -0.05) is 6.07 Å². The molecule has 1 aromatic carbocycles. The topological polar surface area (TPSA) is 150 Å². The SMILES string of the molecule is COc1ccc(C)c2cc(C(=O)N(C(=N)N)C(C)C)[nH]c12.CS(=O)(=O)O. The number of guanidine groups is 1. The first-order chi connectivity index (χ1) is 11.9. The van der Waals surface area contributed by atoms with Gasteiger partial charge in [-0.25, -0.2) is 0 Å². The number of H-pyrrole nitrogens is 1. The van der Waals surface area contributed by atoms with Crippen molar-refractivity contribution in [2.24, 2.45) is 5.73 Å². The second kappa shape index (κ2) is 8.19. The number of benzene rings is 1. The Kier molecular flexibility index (Phi) is 6.76. The van der Waals surface area contributed by atoms with E-state index in [1.807, 2.05) is 32.9 Å². The molecular formula is C16H24N4O5S. The molecule has 144 valence electrons. The van der Waals surface area contributed by atoms with Crippen LogP contribution in [0.15, 0.2) is 18.2 Å². The molecule has 10 heteroatoms. The van der Waals surface area contributed by atoms with Crippen LogP contribution >= 0.6 is 0 Å². The van der Waals surface area contributed by atoms with Gasteiger partial charge >= 0.3 is 0 Å². The summed E-state index contributed by atoms with van der Waals surface area (Å²) in [5.41, 5.74) is 7.71. The van der Waals surface area contributed by atoms with Gasteiger partial charge in [0.15, 0.2) is 5.96 Å². The average Bonchev–Trinajstić information content (AvgIpc) is 2.91. The number of nitrogens with zero attached hydrogens (tertiary/aromatic N) is 1. The lowest BCUT2D eigenvalue weighted by atomic mass is 10.1. The van der Waals surface area contributed by atoms with Gasteiger partial charge in [-0.15, -0.1) is 0 Å². The van der Waals surface area contributed by atoms with E-state index in [1.165, 1.54) is 4.90 Å². The van der Waals surface area contributed by atoms with Crippen molar-refractivity contribution in [2.75, 3.05) is 13.4 Å². The predicted octanol–water partition coefficient (Wildman–Crippen LogP) is 1.73. The molecule has 2 rings (SSSR count). The summed E-state index contributed by atoms with van der Waals surface area (Å²) >= 11 is 0. The monoisotopic (exact) mass is 384 g/mol. The standard InChI is InChI=1S/C15H20N4O2.CH4O3S/c1-8(2)19(15(16)17)14(20)11-7-10-9(3)5-6-12(21-4)13(10)18-11;1-5(2,3)4/h5-8,18H,1-4H3,(H3,16,17);1H3,(H,2,3,4). The zero-order valence-corrected chi connectivity index (χ0v) is 16.1. The van der Waals surface area contributed by atoms with Gasteiger partial charge in [-0.2, -0.15) is 8.42 Å². The van der Waals surface area contributed by atoms with Gasteiger partial charge in [0.2, 0.25) is 0 Å². The molecule has 5 N–H and O–H groups in total. The molecule has 0 aliphatic heterocycles. The van der Waals surface area contributed by atoms with Crippen molar-refractivity contribution < 1.29 is 22.5 Å². The number of carbonyl (C=O) groups excluding carboxylic acids is 1. The molecule has 1 aromatic heterocycles. The molecule has 0 unspecified atom stereocenters. The highest BCUT2D eigenvalue weighted by Crippen LogP contribution is 2.29. The van der Waals surface area contributed by atoms with Gasteiger partial charge in [0, 0.05) is 11.4 Å². The third-order valence-corrected chi connectivity index (χ3v) is 3.42. The van der Waals surface area contributed by atoms with E-state index in [1.54, 1.807) is 13.2 Å². The van der Waals surface area contributed by atoms with Crippen molar-refractivity contribution in [3.8, 4) is 5.75 Å². The lowest BCUT2D eigenvalue weighted by Gasteiger charge is -2.23. The molecular weight excluding hydrogens is 360 g/mol. The van der Waals surface area contributed by atoms with Gasteiger partial charge in [-0.05, 0) is 38.5 Å². The van der Waals surface area contributed by atoms with Gasteiger partial charge < -0.3 is 15.5 Å². The molecule has 9 nitrogen and oxygen atoms in total. The molecule has 1 amide bonds. The number of methoxy groups -OCH3 is 1. The minimum atomic E-state index is -3.67. The fraction of sp³-hybridized carbons (Fsp3) is 0.375. The highest BCUT2D eigenvalue weighted by Gasteiger charge is 2.23. The zero-order valence-electron chi connectivity index (χ0n) is 15.3. The number of aromatic nitrogens is 1. The lowest BCUT2D eigenvalue weighted by molar-refractivity contribution is 0.0811. The third kappa shape index (κ3) is 5.46. The highest BCUT2D eigenvalue weighted by molar-refractivity contribution is 7.85. The van der Waals surface area contributed by atoms with Crippen molar-refractivity contribution in [1.82, 2.24) is 9.88 Å². The van der Waals surface area contributed by atoms with Crippen LogP contribution in [0.2, 0.25) is 0 Å². The molecule has 0 spiro atoms. The first kappa shape index (κ1) is 21.5. The Hall–Kier alpha value is -2.59. The predicted molar refractivity (Wildman–Crippen MR) is 100 cm³/mol. The number of hydrogen-bond donors (Lipinski definition) is 4. The Balaban J connectivity index is 0.000000597. The molecule has 0 radical (unpaired) electrons. The Morgan fingerprint density at radius 1 is 1.38 bits per heavy atom. The normalized spacial score (nSPS) is 11.0. The number of ether oxygens (including phenoxy) is 1. The van der Waals surface area contributed by atoms with E-state index in [0.29, 0.717) is 17.7 Å². The quantitative estimate of drug-likeness (QED) is 0.359. The first-order valence-corrected chi connectivity index (χ1v) is 9.48. The number of fused-ring (bicyclic) bond motifs is 1. The van der Waals surface area contributed by atoms with E-state index in [0.717, 1.165) is 16.5 Å². The first-order valence-electron chi connectivity index (χ1n) is 7.63. The maximum absolute atomic E-state index is 12.5. The molecule has 0 aliphatic rings. The molecule has 0 saturated heterocycles. The maximum Gasteiger partial charge on any atom is 0.277 e. The number of nitrogens with one attached hydrogen (secondary N) is 2. The number of aryl methyl sites for hydroxylation is 1. The molecule has 0 fully saturated rings. The summed E-state index contributed by atoms with van der Waals surface area (Å²) in [4.78, 5) is 16.9. The van der Waals surface area contributed by atoms with E-state index in [9.17, 15) is 13.2 Å². The number of amides is 1. The van der Waals surface area contributed by atoms with Crippen LogP contribution in [0, 0.1) is 12.3 Å². The smallest absolute Gasteiger partial charge is 0.277 e. The van der Waals surface area contributed by atoms with Crippen molar-refractivity contribution in [3.05, 3.63) is 29.5 Å². The summed E-state index contributed by atoms with van der Waals surface area (Å²) in [6.07, 6.45) is 0.715. The van der Waals surface area contributed by atoms with Gasteiger partial charge in [0.25, 0.3) is 16.0 Å². The highest BCUT2D eigenvalue weighted by atomic mass is 32.2. The number of rotatable bonds is 3. The van der Waals surface area contributed by atoms with Crippen molar-refractivity contribution in [1.29, 1.82) is 5.41 Å². The summed E-state index contributed by atoms with van der Waals surface area (Å²) in [5.74, 6) is 0.0843. The Labute approximate surface area is 152 Å². The zero-order chi connectivity index (χ0) is 20.2. The van der Waals surface area contributed by atoms with Crippen molar-refractivity contribution in [3.63, 3.8) is 0 Å². The van der Waals surface area contributed by atoms with E-state index in [2.05, 4.69) is 4.98 Å². The van der Waals surface area contributed by atoms with Crippen LogP contribution in [0.25, 0.3) is 10.9 Å². The molecule has 26 heavy (non-hydrogen) atoms. The summed E-state index contributed by atoms with van der Waals surface area (Å²) < 4.78 is 31.2. The minimum Gasteiger partial charge on any atom is -0.495 e. The minimum absolute atomic E-state index is 0.190. The summed E-state index contributed by atoms with van der Waals surface area (Å²) in [6.45, 7) is 5.59. The van der Waals surface area contributed by atoms with E-state index in [-0.39, 0.29) is 17.9 Å². The van der Waals surface area contributed by atoms with E-state index < -0.39 is 10.1 Å². The van der Waals surface area contributed by atoms with Crippen molar-refractivity contribution >= 4 is 32.9 Å². The number of carbonyl (C=O) groups is 1. The molecule has 0 saturated carbocycles.